The number of halogens is 1. The van der Waals surface area contributed by atoms with Gasteiger partial charge in [-0.25, -0.2) is 17.8 Å². The number of aromatic amines is 1. The highest BCUT2D eigenvalue weighted by Gasteiger charge is 2.37. The average molecular weight is 402 g/mol. The third-order valence-corrected chi connectivity index (χ3v) is 6.85. The van der Waals surface area contributed by atoms with Crippen LogP contribution >= 0.6 is 0 Å². The molecule has 1 aromatic heterocycles. The van der Waals surface area contributed by atoms with E-state index < -0.39 is 16.1 Å². The number of H-pyrrole nitrogens is 1. The monoisotopic (exact) mass is 402 g/mol. The van der Waals surface area contributed by atoms with Crippen molar-refractivity contribution < 1.29 is 17.6 Å². The van der Waals surface area contributed by atoms with Crippen LogP contribution in [0.3, 0.4) is 0 Å². The quantitative estimate of drug-likeness (QED) is 0.701. The predicted octanol–water partition coefficient (Wildman–Crippen LogP) is 2.59. The number of carbonyl (C=O) groups excluding carboxylic acids is 1. The van der Waals surface area contributed by atoms with Crippen molar-refractivity contribution in [1.29, 1.82) is 0 Å². The van der Waals surface area contributed by atoms with Gasteiger partial charge in [-0.15, -0.1) is 0 Å². The van der Waals surface area contributed by atoms with Gasteiger partial charge in [0.05, 0.1) is 22.0 Å². The molecule has 1 fully saturated rings. The molecule has 28 heavy (non-hydrogen) atoms. The van der Waals surface area contributed by atoms with E-state index in [0.717, 1.165) is 0 Å². The molecule has 2 N–H and O–H groups in total. The third-order valence-electron chi connectivity index (χ3n) is 4.93. The summed E-state index contributed by atoms with van der Waals surface area (Å²) in [5, 5.41) is 2.50. The highest BCUT2D eigenvalue weighted by molar-refractivity contribution is 7.89. The summed E-state index contributed by atoms with van der Waals surface area (Å²) in [7, 11) is -2.25. The zero-order valence-electron chi connectivity index (χ0n) is 15.1. The second kappa shape index (κ2) is 6.99. The Morgan fingerprint density at radius 1 is 1.25 bits per heavy atom. The molecule has 1 aliphatic rings. The van der Waals surface area contributed by atoms with E-state index in [1.807, 2.05) is 0 Å². The average Bonchev–Trinajstić information content (AvgIpc) is 3.34. The van der Waals surface area contributed by atoms with Crippen molar-refractivity contribution in [2.24, 2.45) is 0 Å². The van der Waals surface area contributed by atoms with Gasteiger partial charge in [0.2, 0.25) is 10.0 Å². The van der Waals surface area contributed by atoms with Crippen LogP contribution in [0.1, 0.15) is 35.1 Å². The van der Waals surface area contributed by atoms with Gasteiger partial charge in [0.15, 0.2) is 0 Å². The maximum Gasteiger partial charge on any atom is 0.251 e. The molecular formula is C19H19FN4O3S. The van der Waals surface area contributed by atoms with E-state index in [-0.39, 0.29) is 16.6 Å². The SMILES string of the molecule is CNC(=O)c1ccc(S(=O)(=O)N2CCCC2c2nc3ccc(F)cc3[nH]2)cc1. The lowest BCUT2D eigenvalue weighted by Gasteiger charge is -2.22. The molecule has 0 saturated carbocycles. The van der Waals surface area contributed by atoms with Gasteiger partial charge in [-0.3, -0.25) is 4.79 Å². The molecule has 3 aromatic rings. The van der Waals surface area contributed by atoms with Gasteiger partial charge < -0.3 is 10.3 Å². The topological polar surface area (TPSA) is 95.2 Å². The number of imidazole rings is 1. The second-order valence-electron chi connectivity index (χ2n) is 6.66. The molecule has 1 unspecified atom stereocenters. The summed E-state index contributed by atoms with van der Waals surface area (Å²) < 4.78 is 41.2. The van der Waals surface area contributed by atoms with Crippen molar-refractivity contribution in [2.75, 3.05) is 13.6 Å². The first-order valence-electron chi connectivity index (χ1n) is 8.89. The molecule has 1 atom stereocenters. The number of benzene rings is 2. The van der Waals surface area contributed by atoms with E-state index in [2.05, 4.69) is 15.3 Å². The third kappa shape index (κ3) is 3.16. The molecule has 9 heteroatoms. The Kier molecular flexibility index (Phi) is 4.64. The van der Waals surface area contributed by atoms with Gasteiger partial charge in [0.1, 0.15) is 11.6 Å². The number of hydrogen-bond acceptors (Lipinski definition) is 4. The normalized spacial score (nSPS) is 17.9. The van der Waals surface area contributed by atoms with Crippen LogP contribution < -0.4 is 5.32 Å². The Balaban J connectivity index is 1.67. The van der Waals surface area contributed by atoms with Crippen molar-refractivity contribution in [3.05, 3.63) is 59.7 Å². The van der Waals surface area contributed by atoms with Crippen LogP contribution in [0, 0.1) is 5.82 Å². The van der Waals surface area contributed by atoms with E-state index in [4.69, 9.17) is 0 Å². The number of nitrogens with zero attached hydrogens (tertiary/aromatic N) is 2. The van der Waals surface area contributed by atoms with Crippen molar-refractivity contribution >= 4 is 27.0 Å². The molecule has 2 aromatic carbocycles. The Hall–Kier alpha value is -2.78. The first-order chi connectivity index (χ1) is 13.4. The number of hydrogen-bond donors (Lipinski definition) is 2. The van der Waals surface area contributed by atoms with E-state index in [1.54, 1.807) is 6.07 Å². The molecule has 146 valence electrons. The number of carbonyl (C=O) groups is 1. The Morgan fingerprint density at radius 3 is 2.71 bits per heavy atom. The number of sulfonamides is 1. The smallest absolute Gasteiger partial charge is 0.251 e. The van der Waals surface area contributed by atoms with E-state index >= 15 is 0 Å². The van der Waals surface area contributed by atoms with E-state index in [9.17, 15) is 17.6 Å². The molecule has 0 bridgehead atoms. The molecule has 0 aliphatic carbocycles. The fourth-order valence-electron chi connectivity index (χ4n) is 3.52. The molecule has 4 rings (SSSR count). The van der Waals surface area contributed by atoms with Crippen molar-refractivity contribution in [3.8, 4) is 0 Å². The fraction of sp³-hybridized carbons (Fsp3) is 0.263. The summed E-state index contributed by atoms with van der Waals surface area (Å²) in [4.78, 5) is 19.3. The predicted molar refractivity (Wildman–Crippen MR) is 102 cm³/mol. The minimum absolute atomic E-state index is 0.120. The van der Waals surface area contributed by atoms with Crippen LogP contribution in [-0.4, -0.2) is 42.2 Å². The summed E-state index contributed by atoms with van der Waals surface area (Å²) in [6.07, 6.45) is 1.32. The minimum Gasteiger partial charge on any atom is -0.355 e. The van der Waals surface area contributed by atoms with Crippen molar-refractivity contribution in [3.63, 3.8) is 0 Å². The molecule has 2 heterocycles. The first-order valence-corrected chi connectivity index (χ1v) is 10.3. The van der Waals surface area contributed by atoms with E-state index in [1.165, 1.54) is 47.8 Å². The van der Waals surface area contributed by atoms with Crippen molar-refractivity contribution in [2.45, 2.75) is 23.8 Å². The lowest BCUT2D eigenvalue weighted by molar-refractivity contribution is 0.0963. The van der Waals surface area contributed by atoms with Crippen LogP contribution in [0.15, 0.2) is 47.4 Å². The molecule has 1 amide bonds. The van der Waals surface area contributed by atoms with Crippen LogP contribution in [-0.2, 0) is 10.0 Å². The van der Waals surface area contributed by atoms with Crippen molar-refractivity contribution in [1.82, 2.24) is 19.6 Å². The standard InChI is InChI=1S/C19H19FN4O3S/c1-21-19(25)12-4-7-14(8-5-12)28(26,27)24-10-2-3-17(24)18-22-15-9-6-13(20)11-16(15)23-18/h4-9,11,17H,2-3,10H2,1H3,(H,21,25)(H,22,23). The summed E-state index contributed by atoms with van der Waals surface area (Å²) in [6.45, 7) is 0.371. The van der Waals surface area contributed by atoms with Gasteiger partial charge in [-0.1, -0.05) is 0 Å². The summed E-state index contributed by atoms with van der Waals surface area (Å²) in [5.74, 6) is -0.157. The minimum atomic E-state index is -3.76. The number of aromatic nitrogens is 2. The highest BCUT2D eigenvalue weighted by atomic mass is 32.2. The van der Waals surface area contributed by atoms with Crippen LogP contribution in [0.5, 0.6) is 0 Å². The van der Waals surface area contributed by atoms with E-state index in [0.29, 0.717) is 41.8 Å². The number of nitrogens with one attached hydrogen (secondary N) is 2. The molecule has 0 radical (unpaired) electrons. The second-order valence-corrected chi connectivity index (χ2v) is 8.55. The summed E-state index contributed by atoms with van der Waals surface area (Å²) in [5.41, 5.74) is 1.52. The molecule has 7 nitrogen and oxygen atoms in total. The van der Waals surface area contributed by atoms with Gasteiger partial charge in [0.25, 0.3) is 5.91 Å². The maximum atomic E-state index is 13.4. The van der Waals surface area contributed by atoms with Gasteiger partial charge >= 0.3 is 0 Å². The maximum absolute atomic E-state index is 13.4. The van der Waals surface area contributed by atoms with Gasteiger partial charge in [-0.05, 0) is 55.3 Å². The molecule has 1 saturated heterocycles. The molecule has 1 aliphatic heterocycles. The first kappa shape index (κ1) is 18.6. The lowest BCUT2D eigenvalue weighted by Crippen LogP contribution is -2.31. The number of rotatable bonds is 4. The summed E-state index contributed by atoms with van der Waals surface area (Å²) in [6, 6.07) is 9.63. The zero-order chi connectivity index (χ0) is 19.9. The lowest BCUT2D eigenvalue weighted by atomic mass is 10.2. The van der Waals surface area contributed by atoms with Gasteiger partial charge in [-0.2, -0.15) is 4.31 Å². The fourth-order valence-corrected chi connectivity index (χ4v) is 5.18. The molecule has 0 spiro atoms. The summed E-state index contributed by atoms with van der Waals surface area (Å²) >= 11 is 0. The van der Waals surface area contributed by atoms with Crippen LogP contribution in [0.25, 0.3) is 11.0 Å². The number of amides is 1. The Morgan fingerprint density at radius 2 is 2.00 bits per heavy atom. The number of fused-ring (bicyclic) bond motifs is 1. The Labute approximate surface area is 161 Å². The molecular weight excluding hydrogens is 383 g/mol. The van der Waals surface area contributed by atoms with Gasteiger partial charge in [0, 0.05) is 19.2 Å². The highest BCUT2D eigenvalue weighted by Crippen LogP contribution is 2.36. The van der Waals surface area contributed by atoms with Crippen LogP contribution in [0.2, 0.25) is 0 Å². The van der Waals surface area contributed by atoms with Crippen LogP contribution in [0.4, 0.5) is 4.39 Å². The largest absolute Gasteiger partial charge is 0.355 e. The zero-order valence-corrected chi connectivity index (χ0v) is 16.0. The Bertz CT molecular complexity index is 1140.